The number of nitrogens with zero attached hydrogens (tertiary/aromatic N) is 3. The summed E-state index contributed by atoms with van der Waals surface area (Å²) in [5.41, 5.74) is 1.04. The van der Waals surface area contributed by atoms with E-state index in [0.29, 0.717) is 6.54 Å². The molecule has 22 heavy (non-hydrogen) atoms. The van der Waals surface area contributed by atoms with Gasteiger partial charge in [0, 0.05) is 31.3 Å². The van der Waals surface area contributed by atoms with Crippen molar-refractivity contribution < 1.29 is 0 Å². The number of benzene rings is 1. The second-order valence-corrected chi connectivity index (χ2v) is 5.52. The number of hydrogen-bond donors (Lipinski definition) is 1. The predicted octanol–water partition coefficient (Wildman–Crippen LogP) is 3.73. The quantitative estimate of drug-likeness (QED) is 0.853. The Morgan fingerprint density at radius 1 is 1.09 bits per heavy atom. The third kappa shape index (κ3) is 3.45. The maximum Gasteiger partial charge on any atom is 0.163 e. The van der Waals surface area contributed by atoms with Crippen LogP contribution in [0.2, 0.25) is 0 Å². The van der Waals surface area contributed by atoms with E-state index in [0.717, 1.165) is 36.1 Å². The van der Waals surface area contributed by atoms with E-state index in [1.54, 1.807) is 0 Å². The highest BCUT2D eigenvalue weighted by molar-refractivity contribution is 5.61. The van der Waals surface area contributed by atoms with Crippen molar-refractivity contribution in [2.75, 3.05) is 29.9 Å². The summed E-state index contributed by atoms with van der Waals surface area (Å²) in [7, 11) is 0. The highest BCUT2D eigenvalue weighted by Gasteiger charge is 2.15. The molecule has 4 heteroatoms. The van der Waals surface area contributed by atoms with Gasteiger partial charge in [-0.2, -0.15) is 0 Å². The van der Waals surface area contributed by atoms with Crippen LogP contribution in [0.15, 0.2) is 49.1 Å². The number of hydrogen-bond acceptors (Lipinski definition) is 4. The number of aromatic nitrogens is 2. The van der Waals surface area contributed by atoms with Crippen LogP contribution >= 0.6 is 0 Å². The molecule has 0 spiro atoms. The number of rotatable bonds is 5. The minimum Gasteiger partial charge on any atom is -0.366 e. The Balaban J connectivity index is 1.95. The van der Waals surface area contributed by atoms with Crippen LogP contribution in [0.1, 0.15) is 19.3 Å². The first-order valence-corrected chi connectivity index (χ1v) is 7.91. The normalized spacial score (nSPS) is 14.6. The van der Waals surface area contributed by atoms with Crippen LogP contribution in [0.4, 0.5) is 11.6 Å². The van der Waals surface area contributed by atoms with Gasteiger partial charge in [0.1, 0.15) is 11.6 Å². The van der Waals surface area contributed by atoms with Crippen LogP contribution in [0.3, 0.4) is 0 Å². The third-order valence-electron chi connectivity index (χ3n) is 3.85. The average molecular weight is 294 g/mol. The van der Waals surface area contributed by atoms with Crippen molar-refractivity contribution in [2.24, 2.45) is 0 Å². The van der Waals surface area contributed by atoms with Crippen LogP contribution in [0.25, 0.3) is 11.4 Å². The molecule has 1 saturated heterocycles. The molecular weight excluding hydrogens is 272 g/mol. The molecule has 1 aliphatic heterocycles. The topological polar surface area (TPSA) is 41.0 Å². The molecule has 3 rings (SSSR count). The predicted molar refractivity (Wildman–Crippen MR) is 92.2 cm³/mol. The molecule has 0 bridgehead atoms. The Kier molecular flexibility index (Phi) is 4.68. The number of nitrogens with one attached hydrogen (secondary N) is 1. The summed E-state index contributed by atoms with van der Waals surface area (Å²) < 4.78 is 0. The molecule has 0 amide bonds. The van der Waals surface area contributed by atoms with Gasteiger partial charge in [-0.05, 0) is 19.3 Å². The fourth-order valence-electron chi connectivity index (χ4n) is 2.70. The molecule has 1 fully saturated rings. The summed E-state index contributed by atoms with van der Waals surface area (Å²) in [5.74, 6) is 2.64. The zero-order chi connectivity index (χ0) is 15.2. The summed E-state index contributed by atoms with van der Waals surface area (Å²) >= 11 is 0. The van der Waals surface area contributed by atoms with Gasteiger partial charge in [-0.3, -0.25) is 0 Å². The molecule has 1 N–H and O–H groups in total. The largest absolute Gasteiger partial charge is 0.366 e. The van der Waals surface area contributed by atoms with Crippen LogP contribution < -0.4 is 10.2 Å². The molecule has 1 aromatic carbocycles. The summed E-state index contributed by atoms with van der Waals surface area (Å²) in [6, 6.07) is 12.2. The summed E-state index contributed by atoms with van der Waals surface area (Å²) in [6.07, 6.45) is 5.62. The molecule has 0 unspecified atom stereocenters. The van der Waals surface area contributed by atoms with Crippen molar-refractivity contribution in [3.63, 3.8) is 0 Å². The number of piperidine rings is 1. The van der Waals surface area contributed by atoms with Gasteiger partial charge in [0.2, 0.25) is 0 Å². The molecule has 114 valence electrons. The highest BCUT2D eigenvalue weighted by Crippen LogP contribution is 2.24. The van der Waals surface area contributed by atoms with E-state index >= 15 is 0 Å². The minimum atomic E-state index is 0.699. The van der Waals surface area contributed by atoms with E-state index in [4.69, 9.17) is 4.98 Å². The van der Waals surface area contributed by atoms with Gasteiger partial charge in [-0.15, -0.1) is 6.58 Å². The molecule has 4 nitrogen and oxygen atoms in total. The van der Waals surface area contributed by atoms with Crippen molar-refractivity contribution in [1.29, 1.82) is 0 Å². The Labute approximate surface area is 131 Å². The van der Waals surface area contributed by atoms with Gasteiger partial charge >= 0.3 is 0 Å². The lowest BCUT2D eigenvalue weighted by molar-refractivity contribution is 0.573. The molecule has 0 aliphatic carbocycles. The zero-order valence-corrected chi connectivity index (χ0v) is 12.8. The molecule has 2 heterocycles. The molecule has 0 radical (unpaired) electrons. The Morgan fingerprint density at radius 3 is 2.59 bits per heavy atom. The van der Waals surface area contributed by atoms with E-state index < -0.39 is 0 Å². The second-order valence-electron chi connectivity index (χ2n) is 5.52. The molecule has 0 atom stereocenters. The van der Waals surface area contributed by atoms with Crippen LogP contribution in [-0.2, 0) is 0 Å². The van der Waals surface area contributed by atoms with Crippen LogP contribution in [0.5, 0.6) is 0 Å². The van der Waals surface area contributed by atoms with Crippen LogP contribution in [-0.4, -0.2) is 29.6 Å². The van der Waals surface area contributed by atoms with E-state index in [1.807, 2.05) is 42.5 Å². The fourth-order valence-corrected chi connectivity index (χ4v) is 2.70. The number of anilines is 2. The lowest BCUT2D eigenvalue weighted by Gasteiger charge is -2.28. The van der Waals surface area contributed by atoms with Crippen molar-refractivity contribution in [3.05, 3.63) is 49.1 Å². The Hall–Kier alpha value is -2.36. The zero-order valence-electron chi connectivity index (χ0n) is 12.8. The van der Waals surface area contributed by atoms with Gasteiger partial charge in [-0.25, -0.2) is 9.97 Å². The van der Waals surface area contributed by atoms with Gasteiger partial charge in [0.15, 0.2) is 5.82 Å². The van der Waals surface area contributed by atoms with Crippen LogP contribution in [0, 0.1) is 0 Å². The summed E-state index contributed by atoms with van der Waals surface area (Å²) in [6.45, 7) is 6.60. The molecule has 2 aromatic rings. The highest BCUT2D eigenvalue weighted by atomic mass is 15.2. The molecule has 1 aliphatic rings. The SMILES string of the molecule is C=CCNc1cc(N2CCCCC2)nc(-c2ccccc2)n1. The Bertz CT molecular complexity index is 618. The van der Waals surface area contributed by atoms with Crippen molar-refractivity contribution in [2.45, 2.75) is 19.3 Å². The maximum atomic E-state index is 4.78. The van der Waals surface area contributed by atoms with Gasteiger partial charge < -0.3 is 10.2 Å². The Morgan fingerprint density at radius 2 is 1.86 bits per heavy atom. The third-order valence-corrected chi connectivity index (χ3v) is 3.85. The van der Waals surface area contributed by atoms with E-state index in [2.05, 4.69) is 21.8 Å². The average Bonchev–Trinajstić information content (AvgIpc) is 2.61. The smallest absolute Gasteiger partial charge is 0.163 e. The lowest BCUT2D eigenvalue weighted by atomic mass is 10.1. The van der Waals surface area contributed by atoms with E-state index in [-0.39, 0.29) is 0 Å². The van der Waals surface area contributed by atoms with E-state index in [9.17, 15) is 0 Å². The lowest BCUT2D eigenvalue weighted by Crippen LogP contribution is -2.30. The molecule has 0 saturated carbocycles. The standard InChI is InChI=1S/C18H22N4/c1-2-11-19-16-14-17(22-12-7-4-8-13-22)21-18(20-16)15-9-5-3-6-10-15/h2-3,5-6,9-10,14H,1,4,7-8,11-13H2,(H,19,20,21). The summed E-state index contributed by atoms with van der Waals surface area (Å²) in [5, 5.41) is 3.29. The first kappa shape index (κ1) is 14.6. The summed E-state index contributed by atoms with van der Waals surface area (Å²) in [4.78, 5) is 11.8. The van der Waals surface area contributed by atoms with Gasteiger partial charge in [0.25, 0.3) is 0 Å². The van der Waals surface area contributed by atoms with Gasteiger partial charge in [-0.1, -0.05) is 36.4 Å². The van der Waals surface area contributed by atoms with E-state index in [1.165, 1.54) is 19.3 Å². The van der Waals surface area contributed by atoms with Crippen molar-refractivity contribution >= 4 is 11.6 Å². The fraction of sp³-hybridized carbons (Fsp3) is 0.333. The molecule has 1 aromatic heterocycles. The first-order valence-electron chi connectivity index (χ1n) is 7.91. The van der Waals surface area contributed by atoms with Crippen molar-refractivity contribution in [1.82, 2.24) is 9.97 Å². The first-order chi connectivity index (χ1) is 10.9. The minimum absolute atomic E-state index is 0.699. The second kappa shape index (κ2) is 7.07. The van der Waals surface area contributed by atoms with Gasteiger partial charge in [0.05, 0.1) is 0 Å². The maximum absolute atomic E-state index is 4.78. The molecular formula is C18H22N4. The van der Waals surface area contributed by atoms with Crippen molar-refractivity contribution in [3.8, 4) is 11.4 Å². The monoisotopic (exact) mass is 294 g/mol.